The molecule has 3 aromatic carbocycles. The third-order valence-electron chi connectivity index (χ3n) is 5.87. The van der Waals surface area contributed by atoms with Gasteiger partial charge in [0.2, 0.25) is 0 Å². The fraction of sp³-hybridized carbons (Fsp3) is 0.240. The largest absolute Gasteiger partial charge is 0.476 e. The Morgan fingerprint density at radius 2 is 1.56 bits per heavy atom. The number of para-hydroxylation sites is 2. The van der Waals surface area contributed by atoms with E-state index in [1.54, 1.807) is 54.6 Å². The van der Waals surface area contributed by atoms with Crippen molar-refractivity contribution in [3.05, 3.63) is 78.9 Å². The van der Waals surface area contributed by atoms with Crippen molar-refractivity contribution >= 4 is 33.0 Å². The van der Waals surface area contributed by atoms with Crippen LogP contribution in [0.25, 0.3) is 0 Å². The average molecular weight is 480 g/mol. The van der Waals surface area contributed by atoms with Crippen molar-refractivity contribution in [2.45, 2.75) is 11.0 Å². The smallest absolute Gasteiger partial charge is 0.267 e. The molecule has 2 aliphatic heterocycles. The van der Waals surface area contributed by atoms with Crippen molar-refractivity contribution in [2.75, 3.05) is 47.4 Å². The first-order valence-electron chi connectivity index (χ1n) is 11.1. The molecule has 1 atom stereocenters. The van der Waals surface area contributed by atoms with Gasteiger partial charge in [-0.25, -0.2) is 8.42 Å². The third-order valence-corrected chi connectivity index (χ3v) is 7.66. The molecule has 0 bridgehead atoms. The Kier molecular flexibility index (Phi) is 6.12. The number of hydrogen-bond acceptors (Lipinski definition) is 6. The van der Waals surface area contributed by atoms with E-state index < -0.39 is 22.0 Å². The van der Waals surface area contributed by atoms with E-state index >= 15 is 0 Å². The highest BCUT2D eigenvalue weighted by molar-refractivity contribution is 7.92. The Morgan fingerprint density at radius 3 is 2.29 bits per heavy atom. The van der Waals surface area contributed by atoms with Crippen LogP contribution < -0.4 is 19.3 Å². The Labute approximate surface area is 198 Å². The molecule has 3 aromatic rings. The van der Waals surface area contributed by atoms with Crippen LogP contribution in [-0.2, 0) is 19.6 Å². The molecule has 2 heterocycles. The molecule has 1 fully saturated rings. The number of fused-ring (bicyclic) bond motifs is 1. The van der Waals surface area contributed by atoms with Crippen LogP contribution in [0.5, 0.6) is 5.75 Å². The van der Waals surface area contributed by atoms with Gasteiger partial charge in [0.1, 0.15) is 5.75 Å². The molecule has 0 aromatic heterocycles. The molecular weight excluding hydrogens is 454 g/mol. The highest BCUT2D eigenvalue weighted by Crippen LogP contribution is 2.37. The second-order valence-corrected chi connectivity index (χ2v) is 9.92. The summed E-state index contributed by atoms with van der Waals surface area (Å²) in [7, 11) is -3.88. The van der Waals surface area contributed by atoms with E-state index in [0.717, 1.165) is 18.8 Å². The third kappa shape index (κ3) is 4.44. The summed E-state index contributed by atoms with van der Waals surface area (Å²) in [6, 6.07) is 22.6. The number of anilines is 3. The lowest BCUT2D eigenvalue weighted by molar-refractivity contribution is -0.122. The molecule has 9 heteroatoms. The summed E-state index contributed by atoms with van der Waals surface area (Å²) in [5, 5.41) is 2.86. The summed E-state index contributed by atoms with van der Waals surface area (Å²) in [4.78, 5) is 15.5. The number of nitrogens with zero attached hydrogens (tertiary/aromatic N) is 2. The molecular formula is C25H25N3O5S. The monoisotopic (exact) mass is 479 g/mol. The molecule has 0 spiro atoms. The van der Waals surface area contributed by atoms with E-state index in [2.05, 4.69) is 10.2 Å². The molecule has 0 unspecified atom stereocenters. The Hall–Kier alpha value is -3.56. The van der Waals surface area contributed by atoms with E-state index in [4.69, 9.17) is 9.47 Å². The summed E-state index contributed by atoms with van der Waals surface area (Å²) >= 11 is 0. The second-order valence-electron chi connectivity index (χ2n) is 8.06. The number of morpholine rings is 1. The first kappa shape index (κ1) is 22.2. The van der Waals surface area contributed by atoms with Gasteiger partial charge in [0, 0.05) is 24.5 Å². The lowest BCUT2D eigenvalue weighted by Gasteiger charge is -2.34. The first-order chi connectivity index (χ1) is 16.5. The Balaban J connectivity index is 1.35. The van der Waals surface area contributed by atoms with E-state index in [-0.39, 0.29) is 11.4 Å². The van der Waals surface area contributed by atoms with Gasteiger partial charge in [-0.2, -0.15) is 0 Å². The van der Waals surface area contributed by atoms with Crippen molar-refractivity contribution in [3.63, 3.8) is 0 Å². The SMILES string of the molecule is O=C(Nc1ccc(N2CCOCC2)cc1)[C@H]1CN(S(=O)(=O)c2ccccc2)c2ccccc2O1. The van der Waals surface area contributed by atoms with Crippen LogP contribution in [-0.4, -0.2) is 53.3 Å². The van der Waals surface area contributed by atoms with Crippen LogP contribution >= 0.6 is 0 Å². The first-order valence-corrected chi connectivity index (χ1v) is 12.5. The highest BCUT2D eigenvalue weighted by Gasteiger charge is 2.37. The number of carbonyl (C=O) groups excluding carboxylic acids is 1. The van der Waals surface area contributed by atoms with Crippen molar-refractivity contribution in [1.29, 1.82) is 0 Å². The molecule has 0 aliphatic carbocycles. The maximum Gasteiger partial charge on any atom is 0.267 e. The molecule has 1 saturated heterocycles. The van der Waals surface area contributed by atoms with Crippen LogP contribution in [0.2, 0.25) is 0 Å². The lowest BCUT2D eigenvalue weighted by atomic mass is 10.2. The minimum atomic E-state index is -3.88. The van der Waals surface area contributed by atoms with E-state index in [0.29, 0.717) is 30.3 Å². The van der Waals surface area contributed by atoms with E-state index in [1.807, 2.05) is 24.3 Å². The van der Waals surface area contributed by atoms with Gasteiger partial charge in [-0.05, 0) is 48.5 Å². The summed E-state index contributed by atoms with van der Waals surface area (Å²) in [5.41, 5.74) is 2.08. The zero-order valence-electron chi connectivity index (χ0n) is 18.5. The van der Waals surface area contributed by atoms with Crippen molar-refractivity contribution in [3.8, 4) is 5.75 Å². The van der Waals surface area contributed by atoms with Crippen LogP contribution in [0.1, 0.15) is 0 Å². The maximum atomic E-state index is 13.4. The Morgan fingerprint density at radius 1 is 0.882 bits per heavy atom. The Bertz CT molecular complexity index is 1260. The molecule has 8 nitrogen and oxygen atoms in total. The number of sulfonamides is 1. The number of nitrogens with one attached hydrogen (secondary N) is 1. The number of rotatable bonds is 5. The minimum Gasteiger partial charge on any atom is -0.476 e. The van der Waals surface area contributed by atoms with Crippen molar-refractivity contribution in [2.24, 2.45) is 0 Å². The topological polar surface area (TPSA) is 88.2 Å². The van der Waals surface area contributed by atoms with Gasteiger partial charge in [-0.3, -0.25) is 9.10 Å². The summed E-state index contributed by atoms with van der Waals surface area (Å²) in [6.45, 7) is 2.91. The number of hydrogen-bond donors (Lipinski definition) is 1. The molecule has 2 aliphatic rings. The fourth-order valence-electron chi connectivity index (χ4n) is 4.09. The zero-order valence-corrected chi connectivity index (χ0v) is 19.3. The highest BCUT2D eigenvalue weighted by atomic mass is 32.2. The molecule has 176 valence electrons. The number of amides is 1. The van der Waals surface area contributed by atoms with Crippen molar-refractivity contribution in [1.82, 2.24) is 0 Å². The van der Waals surface area contributed by atoms with Gasteiger partial charge < -0.3 is 19.7 Å². The van der Waals surface area contributed by atoms with Crippen LogP contribution in [0, 0.1) is 0 Å². The van der Waals surface area contributed by atoms with Crippen LogP contribution in [0.4, 0.5) is 17.1 Å². The summed E-state index contributed by atoms with van der Waals surface area (Å²) < 4.78 is 39.3. The molecule has 0 saturated carbocycles. The zero-order chi connectivity index (χ0) is 23.5. The van der Waals surface area contributed by atoms with Gasteiger partial charge in [-0.15, -0.1) is 0 Å². The molecule has 0 radical (unpaired) electrons. The normalized spacial score (nSPS) is 18.1. The number of benzene rings is 3. The average Bonchev–Trinajstić information content (AvgIpc) is 2.89. The van der Waals surface area contributed by atoms with Crippen LogP contribution in [0.15, 0.2) is 83.8 Å². The van der Waals surface area contributed by atoms with Gasteiger partial charge in [0.15, 0.2) is 6.10 Å². The van der Waals surface area contributed by atoms with Gasteiger partial charge in [0.05, 0.1) is 30.3 Å². The van der Waals surface area contributed by atoms with Crippen molar-refractivity contribution < 1.29 is 22.7 Å². The van der Waals surface area contributed by atoms with Gasteiger partial charge in [-0.1, -0.05) is 30.3 Å². The molecule has 34 heavy (non-hydrogen) atoms. The maximum absolute atomic E-state index is 13.4. The predicted molar refractivity (Wildman–Crippen MR) is 130 cm³/mol. The van der Waals surface area contributed by atoms with Gasteiger partial charge in [0.25, 0.3) is 15.9 Å². The van der Waals surface area contributed by atoms with E-state index in [1.165, 1.54) is 4.31 Å². The molecule has 5 rings (SSSR count). The fourth-order valence-corrected chi connectivity index (χ4v) is 5.58. The molecule has 1 amide bonds. The van der Waals surface area contributed by atoms with Gasteiger partial charge >= 0.3 is 0 Å². The predicted octanol–water partition coefficient (Wildman–Crippen LogP) is 3.12. The standard InChI is InChI=1S/C25H25N3O5S/c29-25(26-19-10-12-20(13-11-19)27-14-16-32-17-15-27)24-18-28(22-8-4-5-9-23(22)33-24)34(30,31)21-6-2-1-3-7-21/h1-13,24H,14-18H2,(H,26,29)/t24-/m1/s1. The second kappa shape index (κ2) is 9.36. The summed E-state index contributed by atoms with van der Waals surface area (Å²) in [6.07, 6.45) is -1.01. The lowest BCUT2D eigenvalue weighted by Crippen LogP contribution is -2.48. The molecule has 1 N–H and O–H groups in total. The van der Waals surface area contributed by atoms with E-state index in [9.17, 15) is 13.2 Å². The quantitative estimate of drug-likeness (QED) is 0.605. The minimum absolute atomic E-state index is 0.133. The number of ether oxygens (including phenoxy) is 2. The number of carbonyl (C=O) groups is 1. The van der Waals surface area contributed by atoms with Crippen LogP contribution in [0.3, 0.4) is 0 Å². The summed E-state index contributed by atoms with van der Waals surface area (Å²) in [5.74, 6) is -0.0713.